The van der Waals surface area contributed by atoms with Crippen molar-refractivity contribution in [1.82, 2.24) is 0 Å². The average molecular weight is 217 g/mol. The molecule has 1 nitrogen and oxygen atoms in total. The number of hydrogen-bond donors (Lipinski definition) is 1. The summed E-state index contributed by atoms with van der Waals surface area (Å²) in [6.07, 6.45) is 4.88. The minimum Gasteiger partial charge on any atom is -0.321 e. The maximum absolute atomic E-state index is 6.61. The van der Waals surface area contributed by atoms with Crippen molar-refractivity contribution in [2.75, 3.05) is 0 Å². The van der Waals surface area contributed by atoms with Crippen molar-refractivity contribution in [3.8, 4) is 0 Å². The first-order chi connectivity index (χ1) is 7.49. The zero-order valence-corrected chi connectivity index (χ0v) is 10.7. The lowest BCUT2D eigenvalue weighted by atomic mass is 9.73. The van der Waals surface area contributed by atoms with Crippen LogP contribution in [0.15, 0.2) is 18.2 Å². The summed E-state index contributed by atoms with van der Waals surface area (Å²) in [4.78, 5) is 0. The van der Waals surface area contributed by atoms with Crippen molar-refractivity contribution in [1.29, 1.82) is 0 Å². The summed E-state index contributed by atoms with van der Waals surface area (Å²) in [6, 6.07) is 6.76. The molecule has 16 heavy (non-hydrogen) atoms. The van der Waals surface area contributed by atoms with Gasteiger partial charge in [-0.2, -0.15) is 0 Å². The van der Waals surface area contributed by atoms with E-state index in [4.69, 9.17) is 5.73 Å². The molecule has 0 spiro atoms. The summed E-state index contributed by atoms with van der Waals surface area (Å²) < 4.78 is 0. The van der Waals surface area contributed by atoms with E-state index in [-0.39, 0.29) is 5.54 Å². The van der Waals surface area contributed by atoms with Crippen molar-refractivity contribution in [2.24, 2.45) is 11.7 Å². The van der Waals surface area contributed by atoms with E-state index in [9.17, 15) is 0 Å². The zero-order chi connectivity index (χ0) is 11.8. The van der Waals surface area contributed by atoms with Crippen LogP contribution < -0.4 is 5.73 Å². The van der Waals surface area contributed by atoms with Crippen LogP contribution >= 0.6 is 0 Å². The van der Waals surface area contributed by atoms with Crippen LogP contribution in [0.2, 0.25) is 0 Å². The highest BCUT2D eigenvalue weighted by Crippen LogP contribution is 2.38. The molecule has 1 saturated carbocycles. The minimum absolute atomic E-state index is 0.0750. The number of hydrogen-bond acceptors (Lipinski definition) is 1. The Morgan fingerprint density at radius 1 is 1.19 bits per heavy atom. The number of rotatable bonds is 1. The van der Waals surface area contributed by atoms with Crippen LogP contribution in [-0.2, 0) is 5.54 Å². The molecule has 1 aliphatic carbocycles. The third-order valence-corrected chi connectivity index (χ3v) is 3.83. The maximum Gasteiger partial charge on any atom is 0.0412 e. The van der Waals surface area contributed by atoms with E-state index in [1.165, 1.54) is 29.5 Å². The van der Waals surface area contributed by atoms with Gasteiger partial charge in [0.05, 0.1) is 0 Å². The molecular formula is C15H23N. The summed E-state index contributed by atoms with van der Waals surface area (Å²) in [5.41, 5.74) is 10.5. The van der Waals surface area contributed by atoms with Crippen molar-refractivity contribution >= 4 is 0 Å². The summed E-state index contributed by atoms with van der Waals surface area (Å²) in [6.45, 7) is 6.64. The molecular weight excluding hydrogens is 194 g/mol. The highest BCUT2D eigenvalue weighted by atomic mass is 14.7. The Hall–Kier alpha value is -0.820. The van der Waals surface area contributed by atoms with Gasteiger partial charge >= 0.3 is 0 Å². The van der Waals surface area contributed by atoms with E-state index >= 15 is 0 Å². The minimum atomic E-state index is -0.0750. The van der Waals surface area contributed by atoms with Crippen LogP contribution in [0.5, 0.6) is 0 Å². The monoisotopic (exact) mass is 217 g/mol. The Bertz CT molecular complexity index is 363. The second-order valence-electron chi connectivity index (χ2n) is 5.73. The van der Waals surface area contributed by atoms with E-state index in [2.05, 4.69) is 39.0 Å². The lowest BCUT2D eigenvalue weighted by molar-refractivity contribution is 0.239. The Morgan fingerprint density at radius 2 is 1.81 bits per heavy atom. The van der Waals surface area contributed by atoms with E-state index in [1.54, 1.807) is 0 Å². The molecule has 0 amide bonds. The third-order valence-electron chi connectivity index (χ3n) is 3.83. The van der Waals surface area contributed by atoms with E-state index in [0.717, 1.165) is 18.8 Å². The molecule has 2 unspecified atom stereocenters. The smallest absolute Gasteiger partial charge is 0.0412 e. The molecule has 2 rings (SSSR count). The summed E-state index contributed by atoms with van der Waals surface area (Å²) >= 11 is 0. The lowest BCUT2D eigenvalue weighted by Crippen LogP contribution is -2.41. The lowest BCUT2D eigenvalue weighted by Gasteiger charge is -2.37. The van der Waals surface area contributed by atoms with Crippen LogP contribution in [0.1, 0.15) is 49.3 Å². The SMILES string of the molecule is Cc1cc(C)cc(C2(N)CCCC(C)C2)c1. The van der Waals surface area contributed by atoms with Gasteiger partial charge in [-0.25, -0.2) is 0 Å². The first-order valence-corrected chi connectivity index (χ1v) is 6.37. The molecule has 0 saturated heterocycles. The fourth-order valence-corrected chi connectivity index (χ4v) is 3.12. The average Bonchev–Trinajstić information content (AvgIpc) is 2.15. The van der Waals surface area contributed by atoms with Crippen molar-refractivity contribution < 1.29 is 0 Å². The second-order valence-corrected chi connectivity index (χ2v) is 5.73. The van der Waals surface area contributed by atoms with Crippen molar-refractivity contribution in [3.63, 3.8) is 0 Å². The van der Waals surface area contributed by atoms with Crippen molar-refractivity contribution in [3.05, 3.63) is 34.9 Å². The molecule has 88 valence electrons. The molecule has 0 bridgehead atoms. The molecule has 1 aromatic rings. The fourth-order valence-electron chi connectivity index (χ4n) is 3.12. The molecule has 1 aliphatic rings. The predicted molar refractivity (Wildman–Crippen MR) is 69.4 cm³/mol. The number of aryl methyl sites for hydroxylation is 2. The largest absolute Gasteiger partial charge is 0.321 e. The van der Waals surface area contributed by atoms with Crippen LogP contribution in [0.3, 0.4) is 0 Å². The Kier molecular flexibility index (Phi) is 3.07. The van der Waals surface area contributed by atoms with E-state index < -0.39 is 0 Å². The van der Waals surface area contributed by atoms with Gasteiger partial charge in [0.1, 0.15) is 0 Å². The van der Waals surface area contributed by atoms with Gasteiger partial charge in [0.2, 0.25) is 0 Å². The van der Waals surface area contributed by atoms with Crippen LogP contribution in [0.25, 0.3) is 0 Å². The molecule has 1 aromatic carbocycles. The van der Waals surface area contributed by atoms with Gasteiger partial charge in [-0.05, 0) is 38.2 Å². The molecule has 0 aromatic heterocycles. The molecule has 1 fully saturated rings. The standard InChI is InChI=1S/C15H23N/c1-11-5-4-6-15(16,10-11)14-8-12(2)7-13(3)9-14/h7-9,11H,4-6,10,16H2,1-3H3. The molecule has 1 heteroatoms. The first-order valence-electron chi connectivity index (χ1n) is 6.37. The van der Waals surface area contributed by atoms with Gasteiger partial charge in [0.15, 0.2) is 0 Å². The Labute approximate surface area is 99.0 Å². The van der Waals surface area contributed by atoms with Gasteiger partial charge in [-0.1, -0.05) is 49.1 Å². The Balaban J connectivity index is 2.34. The second kappa shape index (κ2) is 4.21. The van der Waals surface area contributed by atoms with Gasteiger partial charge in [0.25, 0.3) is 0 Å². The van der Waals surface area contributed by atoms with Crippen LogP contribution in [-0.4, -0.2) is 0 Å². The zero-order valence-electron chi connectivity index (χ0n) is 10.7. The highest BCUT2D eigenvalue weighted by molar-refractivity contribution is 5.33. The van der Waals surface area contributed by atoms with Crippen LogP contribution in [0, 0.1) is 19.8 Å². The molecule has 0 radical (unpaired) electrons. The van der Waals surface area contributed by atoms with Crippen molar-refractivity contribution in [2.45, 2.75) is 52.0 Å². The molecule has 2 N–H and O–H groups in total. The van der Waals surface area contributed by atoms with Crippen LogP contribution in [0.4, 0.5) is 0 Å². The highest BCUT2D eigenvalue weighted by Gasteiger charge is 2.32. The fraction of sp³-hybridized carbons (Fsp3) is 0.600. The summed E-state index contributed by atoms with van der Waals surface area (Å²) in [5.74, 6) is 0.763. The molecule has 0 aliphatic heterocycles. The number of nitrogens with two attached hydrogens (primary N) is 1. The predicted octanol–water partition coefficient (Wildman–Crippen LogP) is 3.67. The molecule has 0 heterocycles. The van der Waals surface area contributed by atoms with Gasteiger partial charge in [-0.3, -0.25) is 0 Å². The van der Waals surface area contributed by atoms with E-state index in [1.807, 2.05) is 0 Å². The third kappa shape index (κ3) is 2.30. The first kappa shape index (κ1) is 11.7. The van der Waals surface area contributed by atoms with Gasteiger partial charge < -0.3 is 5.73 Å². The number of benzene rings is 1. The quantitative estimate of drug-likeness (QED) is 0.763. The summed E-state index contributed by atoms with van der Waals surface area (Å²) in [7, 11) is 0. The normalized spacial score (nSPS) is 30.4. The van der Waals surface area contributed by atoms with E-state index in [0.29, 0.717) is 0 Å². The molecule has 2 atom stereocenters. The summed E-state index contributed by atoms with van der Waals surface area (Å²) in [5, 5.41) is 0. The topological polar surface area (TPSA) is 26.0 Å². The Morgan fingerprint density at radius 3 is 2.38 bits per heavy atom. The maximum atomic E-state index is 6.61. The van der Waals surface area contributed by atoms with Gasteiger partial charge in [0, 0.05) is 5.54 Å². The van der Waals surface area contributed by atoms with Gasteiger partial charge in [-0.15, -0.1) is 0 Å².